The number of aryl methyl sites for hydroxylation is 1. The molecule has 4 rings (SSSR count). The third kappa shape index (κ3) is 4.10. The van der Waals surface area contributed by atoms with E-state index in [0.29, 0.717) is 25.0 Å². The standard InChI is InChI=1S/C21H26N2O3S/c1-12(2)10-18-22-13(3)20(27-18)21(24)23-19(14-4-5-14)15-6-7-16-17(11-15)26-9-8-25-16/h6-7,11-12,14,19H,4-5,8-10H2,1-3H3,(H,23,24). The molecule has 1 amide bonds. The number of nitrogens with zero attached hydrogens (tertiary/aromatic N) is 1. The summed E-state index contributed by atoms with van der Waals surface area (Å²) in [7, 11) is 0. The second kappa shape index (κ2) is 7.50. The Hall–Kier alpha value is -2.08. The van der Waals surface area contributed by atoms with E-state index in [-0.39, 0.29) is 11.9 Å². The smallest absolute Gasteiger partial charge is 0.263 e. The minimum atomic E-state index is -0.0215. The van der Waals surface area contributed by atoms with E-state index in [9.17, 15) is 4.79 Å². The molecule has 1 atom stereocenters. The van der Waals surface area contributed by atoms with Crippen LogP contribution in [-0.2, 0) is 6.42 Å². The summed E-state index contributed by atoms with van der Waals surface area (Å²) in [5, 5.41) is 4.30. The van der Waals surface area contributed by atoms with Gasteiger partial charge in [0.1, 0.15) is 18.1 Å². The van der Waals surface area contributed by atoms with Crippen LogP contribution in [0, 0.1) is 18.8 Å². The van der Waals surface area contributed by atoms with E-state index < -0.39 is 0 Å². The summed E-state index contributed by atoms with van der Waals surface area (Å²) < 4.78 is 11.3. The van der Waals surface area contributed by atoms with Gasteiger partial charge < -0.3 is 14.8 Å². The second-order valence-electron chi connectivity index (χ2n) is 7.81. The Labute approximate surface area is 164 Å². The Morgan fingerprint density at radius 3 is 2.70 bits per heavy atom. The van der Waals surface area contributed by atoms with Crippen LogP contribution in [0.15, 0.2) is 18.2 Å². The number of nitrogens with one attached hydrogen (secondary N) is 1. The molecule has 2 aliphatic rings. The topological polar surface area (TPSA) is 60.5 Å². The highest BCUT2D eigenvalue weighted by Gasteiger charge is 2.35. The molecule has 0 bridgehead atoms. The summed E-state index contributed by atoms with van der Waals surface area (Å²) in [5.74, 6) is 2.55. The van der Waals surface area contributed by atoms with Gasteiger partial charge in [-0.25, -0.2) is 4.98 Å². The van der Waals surface area contributed by atoms with E-state index in [2.05, 4.69) is 24.1 Å². The number of hydrogen-bond acceptors (Lipinski definition) is 5. The zero-order chi connectivity index (χ0) is 19.0. The molecule has 6 heteroatoms. The van der Waals surface area contributed by atoms with Gasteiger partial charge in [-0.1, -0.05) is 19.9 Å². The summed E-state index contributed by atoms with van der Waals surface area (Å²) in [6, 6.07) is 6.01. The fraction of sp³-hybridized carbons (Fsp3) is 0.524. The van der Waals surface area contributed by atoms with Crippen molar-refractivity contribution in [3.8, 4) is 11.5 Å². The van der Waals surface area contributed by atoms with Crippen LogP contribution in [0.3, 0.4) is 0 Å². The number of carbonyl (C=O) groups excluding carboxylic acids is 1. The van der Waals surface area contributed by atoms with Gasteiger partial charge in [0.25, 0.3) is 5.91 Å². The average molecular weight is 387 g/mol. The summed E-state index contributed by atoms with van der Waals surface area (Å²) in [6.07, 6.45) is 3.19. The van der Waals surface area contributed by atoms with Crippen LogP contribution < -0.4 is 14.8 Å². The Morgan fingerprint density at radius 2 is 2.00 bits per heavy atom. The lowest BCUT2D eigenvalue weighted by Gasteiger charge is -2.23. The van der Waals surface area contributed by atoms with Crippen molar-refractivity contribution >= 4 is 17.2 Å². The van der Waals surface area contributed by atoms with Crippen LogP contribution >= 0.6 is 11.3 Å². The molecule has 1 unspecified atom stereocenters. The second-order valence-corrected chi connectivity index (χ2v) is 8.90. The number of ether oxygens (including phenoxy) is 2. The van der Waals surface area contributed by atoms with Crippen molar-refractivity contribution < 1.29 is 14.3 Å². The highest BCUT2D eigenvalue weighted by atomic mass is 32.1. The Balaban J connectivity index is 1.54. The van der Waals surface area contributed by atoms with Crippen molar-refractivity contribution in [3.05, 3.63) is 39.3 Å². The zero-order valence-corrected chi connectivity index (χ0v) is 16.9. The molecule has 1 N–H and O–H groups in total. The maximum absolute atomic E-state index is 13.0. The minimum absolute atomic E-state index is 0.00313. The van der Waals surface area contributed by atoms with E-state index in [1.54, 1.807) is 0 Å². The van der Waals surface area contributed by atoms with E-state index in [1.165, 1.54) is 11.3 Å². The van der Waals surface area contributed by atoms with Crippen molar-refractivity contribution in [1.82, 2.24) is 10.3 Å². The van der Waals surface area contributed by atoms with Crippen molar-refractivity contribution in [2.24, 2.45) is 11.8 Å². The molecular weight excluding hydrogens is 360 g/mol. The average Bonchev–Trinajstić information content (AvgIpc) is 3.41. The SMILES string of the molecule is Cc1nc(CC(C)C)sc1C(=O)NC(c1ccc2c(c1)OCCO2)C1CC1. The van der Waals surface area contributed by atoms with Gasteiger partial charge in [-0.2, -0.15) is 0 Å². The number of hydrogen-bond donors (Lipinski definition) is 1. The van der Waals surface area contributed by atoms with Crippen LogP contribution in [0.4, 0.5) is 0 Å². The predicted molar refractivity (Wildman–Crippen MR) is 106 cm³/mol. The third-order valence-electron chi connectivity index (χ3n) is 4.94. The summed E-state index contributed by atoms with van der Waals surface area (Å²) in [5.41, 5.74) is 1.91. The molecule has 1 aliphatic heterocycles. The van der Waals surface area contributed by atoms with Crippen molar-refractivity contribution in [1.29, 1.82) is 0 Å². The molecule has 0 spiro atoms. The van der Waals surface area contributed by atoms with Gasteiger partial charge in [0.15, 0.2) is 11.5 Å². The Kier molecular flexibility index (Phi) is 5.08. The first kappa shape index (κ1) is 18.3. The summed E-state index contributed by atoms with van der Waals surface area (Å²) >= 11 is 1.52. The number of thiazole rings is 1. The van der Waals surface area contributed by atoms with E-state index >= 15 is 0 Å². The van der Waals surface area contributed by atoms with Crippen LogP contribution in [0.1, 0.15) is 58.7 Å². The molecule has 1 aromatic carbocycles. The highest BCUT2D eigenvalue weighted by Crippen LogP contribution is 2.43. The van der Waals surface area contributed by atoms with Gasteiger partial charge in [0.05, 0.1) is 16.7 Å². The van der Waals surface area contributed by atoms with Crippen molar-refractivity contribution in [2.75, 3.05) is 13.2 Å². The lowest BCUT2D eigenvalue weighted by molar-refractivity contribution is 0.0934. The molecule has 1 aliphatic carbocycles. The maximum Gasteiger partial charge on any atom is 0.263 e. The van der Waals surface area contributed by atoms with Crippen molar-refractivity contribution in [2.45, 2.75) is 46.1 Å². The zero-order valence-electron chi connectivity index (χ0n) is 16.1. The fourth-order valence-corrected chi connectivity index (χ4v) is 4.64. The van der Waals surface area contributed by atoms with Gasteiger partial charge in [0, 0.05) is 6.42 Å². The molecule has 1 fully saturated rings. The fourth-order valence-electron chi connectivity index (χ4n) is 3.46. The number of amides is 1. The monoisotopic (exact) mass is 386 g/mol. The van der Waals surface area contributed by atoms with Gasteiger partial charge in [0.2, 0.25) is 0 Å². The van der Waals surface area contributed by atoms with Crippen LogP contribution in [-0.4, -0.2) is 24.1 Å². The molecule has 0 saturated heterocycles. The van der Waals surface area contributed by atoms with Crippen LogP contribution in [0.25, 0.3) is 0 Å². The molecule has 1 saturated carbocycles. The lowest BCUT2D eigenvalue weighted by Crippen LogP contribution is -2.30. The summed E-state index contributed by atoms with van der Waals surface area (Å²) in [6.45, 7) is 7.41. The quantitative estimate of drug-likeness (QED) is 0.804. The summed E-state index contributed by atoms with van der Waals surface area (Å²) in [4.78, 5) is 18.3. The molecule has 144 valence electrons. The van der Waals surface area contributed by atoms with Gasteiger partial charge >= 0.3 is 0 Å². The predicted octanol–water partition coefficient (Wildman–Crippen LogP) is 4.30. The van der Waals surface area contributed by atoms with Gasteiger partial charge in [-0.05, 0) is 49.3 Å². The Bertz CT molecular complexity index is 842. The first-order chi connectivity index (χ1) is 13.0. The van der Waals surface area contributed by atoms with Crippen LogP contribution in [0.2, 0.25) is 0 Å². The molecule has 1 aromatic heterocycles. The van der Waals surface area contributed by atoms with E-state index in [4.69, 9.17) is 9.47 Å². The number of fused-ring (bicyclic) bond motifs is 1. The largest absolute Gasteiger partial charge is 0.486 e. The number of carbonyl (C=O) groups is 1. The molecular formula is C21H26N2O3S. The molecule has 27 heavy (non-hydrogen) atoms. The highest BCUT2D eigenvalue weighted by molar-refractivity contribution is 7.13. The number of benzene rings is 1. The van der Waals surface area contributed by atoms with E-state index in [1.807, 2.05) is 25.1 Å². The lowest BCUT2D eigenvalue weighted by atomic mass is 10.0. The Morgan fingerprint density at radius 1 is 1.26 bits per heavy atom. The maximum atomic E-state index is 13.0. The molecule has 0 radical (unpaired) electrons. The van der Waals surface area contributed by atoms with Crippen molar-refractivity contribution in [3.63, 3.8) is 0 Å². The third-order valence-corrected chi connectivity index (χ3v) is 6.11. The molecule has 5 nitrogen and oxygen atoms in total. The molecule has 2 heterocycles. The number of aromatic nitrogens is 1. The van der Waals surface area contributed by atoms with E-state index in [0.717, 1.165) is 51.9 Å². The first-order valence-electron chi connectivity index (χ1n) is 9.68. The minimum Gasteiger partial charge on any atom is -0.486 e. The molecule has 2 aromatic rings. The first-order valence-corrected chi connectivity index (χ1v) is 10.5. The van der Waals surface area contributed by atoms with Gasteiger partial charge in [-0.3, -0.25) is 4.79 Å². The normalized spacial score (nSPS) is 17.0. The van der Waals surface area contributed by atoms with Gasteiger partial charge in [-0.15, -0.1) is 11.3 Å². The number of rotatable bonds is 6. The van der Waals surface area contributed by atoms with Crippen LogP contribution in [0.5, 0.6) is 11.5 Å².